The summed E-state index contributed by atoms with van der Waals surface area (Å²) in [5, 5.41) is 16.3. The van der Waals surface area contributed by atoms with Crippen molar-refractivity contribution in [2.45, 2.75) is 26.2 Å². The molecule has 7 rings (SSSR count). The second kappa shape index (κ2) is 5.81. The van der Waals surface area contributed by atoms with Crippen molar-refractivity contribution in [1.29, 1.82) is 0 Å². The first kappa shape index (κ1) is 18.0. The molecule has 0 atom stereocenters. The predicted molar refractivity (Wildman–Crippen MR) is 139 cm³/mol. The Kier molecular flexibility index (Phi) is 3.27. The van der Waals surface area contributed by atoms with Gasteiger partial charge < -0.3 is 4.74 Å². The summed E-state index contributed by atoms with van der Waals surface area (Å²) in [5.74, 6) is 0.908. The molecule has 32 heavy (non-hydrogen) atoms. The fourth-order valence-corrected chi connectivity index (χ4v) is 5.88. The molecule has 0 saturated carbocycles. The number of hydrogen-bond acceptors (Lipinski definition) is 1. The van der Waals surface area contributed by atoms with E-state index < -0.39 is 0 Å². The molecule has 1 nitrogen and oxygen atoms in total. The van der Waals surface area contributed by atoms with Crippen LogP contribution in [-0.2, 0) is 5.41 Å². The zero-order valence-corrected chi connectivity index (χ0v) is 18.8. The van der Waals surface area contributed by atoms with E-state index in [1.165, 1.54) is 70.2 Å². The standard InChI is InChI=1S/C31H24O/c1-31(2,3)17-11-13-21-25(15-17)19-7-5-9-23-27(19)29(21)24-10-6-8-20-26-16-18(32-4)12-14-22(26)30(23)28(20)24/h5-16H,1-4H3. The van der Waals surface area contributed by atoms with E-state index in [0.29, 0.717) is 0 Å². The summed E-state index contributed by atoms with van der Waals surface area (Å²) in [6.45, 7) is 6.88. The molecule has 154 valence electrons. The first-order chi connectivity index (χ1) is 15.5. The maximum absolute atomic E-state index is 5.56. The zero-order chi connectivity index (χ0) is 21.8. The molecule has 0 fully saturated rings. The van der Waals surface area contributed by atoms with Crippen LogP contribution >= 0.6 is 0 Å². The smallest absolute Gasteiger partial charge is 0.119 e. The Balaban J connectivity index is 1.80. The van der Waals surface area contributed by atoms with Gasteiger partial charge >= 0.3 is 0 Å². The summed E-state index contributed by atoms with van der Waals surface area (Å²) >= 11 is 0. The minimum absolute atomic E-state index is 0.127. The maximum atomic E-state index is 5.56. The van der Waals surface area contributed by atoms with Gasteiger partial charge in [0.25, 0.3) is 0 Å². The van der Waals surface area contributed by atoms with Crippen molar-refractivity contribution < 1.29 is 4.74 Å². The molecule has 0 aliphatic heterocycles. The highest BCUT2D eigenvalue weighted by Gasteiger charge is 2.23. The minimum Gasteiger partial charge on any atom is -0.497 e. The summed E-state index contributed by atoms with van der Waals surface area (Å²) in [4.78, 5) is 0. The number of fused-ring (bicyclic) bond motifs is 8. The van der Waals surface area contributed by atoms with Crippen LogP contribution in [0.2, 0.25) is 0 Å². The zero-order valence-electron chi connectivity index (χ0n) is 18.8. The Bertz CT molecular complexity index is 1830. The summed E-state index contributed by atoms with van der Waals surface area (Å²) in [5.41, 5.74) is 1.51. The summed E-state index contributed by atoms with van der Waals surface area (Å²) in [7, 11) is 1.74. The van der Waals surface area contributed by atoms with E-state index in [4.69, 9.17) is 4.74 Å². The van der Waals surface area contributed by atoms with E-state index in [1.807, 2.05) is 0 Å². The summed E-state index contributed by atoms with van der Waals surface area (Å²) in [6, 6.07) is 27.2. The molecule has 7 aromatic rings. The third kappa shape index (κ3) is 2.09. The normalized spacial score (nSPS) is 13.0. The molecule has 0 aliphatic rings. The monoisotopic (exact) mass is 412 g/mol. The van der Waals surface area contributed by atoms with Crippen molar-refractivity contribution >= 4 is 64.6 Å². The van der Waals surface area contributed by atoms with Crippen molar-refractivity contribution in [3.63, 3.8) is 0 Å². The molecule has 0 aromatic heterocycles. The van der Waals surface area contributed by atoms with Gasteiger partial charge in [0.05, 0.1) is 7.11 Å². The first-order valence-electron chi connectivity index (χ1n) is 11.3. The van der Waals surface area contributed by atoms with Crippen LogP contribution in [0.25, 0.3) is 64.6 Å². The van der Waals surface area contributed by atoms with Crippen LogP contribution < -0.4 is 4.74 Å². The average Bonchev–Trinajstić information content (AvgIpc) is 3.31. The molecule has 0 bridgehead atoms. The van der Waals surface area contributed by atoms with Crippen LogP contribution in [-0.4, -0.2) is 7.11 Å². The molecule has 0 heterocycles. The second-order valence-corrected chi connectivity index (χ2v) is 10.1. The Morgan fingerprint density at radius 2 is 0.969 bits per heavy atom. The Morgan fingerprint density at radius 3 is 1.50 bits per heavy atom. The fourth-order valence-electron chi connectivity index (χ4n) is 5.88. The maximum Gasteiger partial charge on any atom is 0.119 e. The van der Waals surface area contributed by atoms with E-state index in [2.05, 4.69) is 93.6 Å². The lowest BCUT2D eigenvalue weighted by molar-refractivity contribution is 0.415. The number of benzene rings is 5. The highest BCUT2D eigenvalue weighted by atomic mass is 16.5. The van der Waals surface area contributed by atoms with Crippen LogP contribution in [0.3, 0.4) is 0 Å². The molecule has 0 N–H and O–H groups in total. The molecular weight excluding hydrogens is 388 g/mol. The lowest BCUT2D eigenvalue weighted by Gasteiger charge is -2.19. The molecule has 0 aliphatic carbocycles. The van der Waals surface area contributed by atoms with E-state index in [0.717, 1.165) is 5.75 Å². The van der Waals surface area contributed by atoms with Gasteiger partial charge in [0, 0.05) is 0 Å². The fraction of sp³-hybridized carbons (Fsp3) is 0.161. The van der Waals surface area contributed by atoms with Gasteiger partial charge in [-0.15, -0.1) is 0 Å². The summed E-state index contributed by atoms with van der Waals surface area (Å²) in [6.07, 6.45) is 0. The molecule has 0 unspecified atom stereocenters. The van der Waals surface area contributed by atoms with Crippen LogP contribution in [0.15, 0.2) is 72.8 Å². The van der Waals surface area contributed by atoms with Crippen molar-refractivity contribution in [2.24, 2.45) is 0 Å². The summed E-state index contributed by atoms with van der Waals surface area (Å²) < 4.78 is 5.56. The highest BCUT2D eigenvalue weighted by molar-refractivity contribution is 6.47. The molecular formula is C31H24O. The van der Waals surface area contributed by atoms with Gasteiger partial charge in [-0.05, 0) is 93.8 Å². The van der Waals surface area contributed by atoms with Gasteiger partial charge in [-0.1, -0.05) is 75.4 Å². The lowest BCUT2D eigenvalue weighted by Crippen LogP contribution is -2.10. The highest BCUT2D eigenvalue weighted by Crippen LogP contribution is 2.50. The third-order valence-electron chi connectivity index (χ3n) is 7.40. The average molecular weight is 413 g/mol. The van der Waals surface area contributed by atoms with Crippen LogP contribution in [0, 0.1) is 0 Å². The van der Waals surface area contributed by atoms with Crippen molar-refractivity contribution in [3.05, 3.63) is 78.4 Å². The van der Waals surface area contributed by atoms with Gasteiger partial charge in [-0.2, -0.15) is 0 Å². The minimum atomic E-state index is 0.127. The van der Waals surface area contributed by atoms with Gasteiger partial charge in [0.15, 0.2) is 0 Å². The Morgan fingerprint density at radius 1 is 0.500 bits per heavy atom. The Labute approximate surface area is 186 Å². The van der Waals surface area contributed by atoms with Crippen LogP contribution in [0.1, 0.15) is 26.3 Å². The molecule has 7 aromatic carbocycles. The third-order valence-corrected chi connectivity index (χ3v) is 7.40. The van der Waals surface area contributed by atoms with Crippen molar-refractivity contribution in [3.8, 4) is 5.75 Å². The number of methoxy groups -OCH3 is 1. The van der Waals surface area contributed by atoms with Gasteiger partial charge in [0.2, 0.25) is 0 Å². The second-order valence-electron chi connectivity index (χ2n) is 10.1. The molecule has 0 amide bonds. The van der Waals surface area contributed by atoms with Crippen LogP contribution in [0.4, 0.5) is 0 Å². The lowest BCUT2D eigenvalue weighted by atomic mass is 9.86. The number of hydrogen-bond donors (Lipinski definition) is 0. The quantitative estimate of drug-likeness (QED) is 0.245. The number of ether oxygens (including phenoxy) is 1. The predicted octanol–water partition coefficient (Wildman–Crippen LogP) is 8.79. The van der Waals surface area contributed by atoms with Crippen molar-refractivity contribution in [2.75, 3.05) is 7.11 Å². The van der Waals surface area contributed by atoms with E-state index >= 15 is 0 Å². The van der Waals surface area contributed by atoms with E-state index in [-0.39, 0.29) is 5.41 Å². The molecule has 1 heteroatoms. The van der Waals surface area contributed by atoms with Gasteiger partial charge in [-0.25, -0.2) is 0 Å². The van der Waals surface area contributed by atoms with Crippen molar-refractivity contribution in [1.82, 2.24) is 0 Å². The van der Waals surface area contributed by atoms with E-state index in [1.54, 1.807) is 7.11 Å². The largest absolute Gasteiger partial charge is 0.497 e. The molecule has 0 spiro atoms. The number of rotatable bonds is 1. The SMILES string of the molecule is COc1ccc2c(c1)c1cccc3c1c2c1cccc2c4cc(C(C)(C)C)ccc4c3c21. The molecule has 0 radical (unpaired) electrons. The van der Waals surface area contributed by atoms with E-state index in [9.17, 15) is 0 Å². The topological polar surface area (TPSA) is 9.23 Å². The molecule has 0 saturated heterocycles. The first-order valence-corrected chi connectivity index (χ1v) is 11.3. The van der Waals surface area contributed by atoms with Crippen LogP contribution in [0.5, 0.6) is 5.75 Å². The Hall–Kier alpha value is -3.58. The van der Waals surface area contributed by atoms with Gasteiger partial charge in [-0.3, -0.25) is 0 Å². The van der Waals surface area contributed by atoms with Gasteiger partial charge in [0.1, 0.15) is 5.75 Å².